The summed E-state index contributed by atoms with van der Waals surface area (Å²) in [5.41, 5.74) is 1.74. The number of carbonyl (C=O) groups is 1. The standard InChI is InChI=1S/C17H18FN3O2S/c1-11-19-13(10-24-11)6-21-15-7-20(8-16(15)23-9-17(21)22)14-4-2-3-12(18)5-14/h2-5,10,15-16H,6-9H2,1H3/t15-,16-/m1/s1. The van der Waals surface area contributed by atoms with E-state index < -0.39 is 0 Å². The van der Waals surface area contributed by atoms with Crippen LogP contribution in [0.1, 0.15) is 10.7 Å². The molecule has 2 saturated heterocycles. The Labute approximate surface area is 143 Å². The molecule has 0 spiro atoms. The fourth-order valence-corrected chi connectivity index (χ4v) is 4.01. The van der Waals surface area contributed by atoms with Gasteiger partial charge in [-0.2, -0.15) is 0 Å². The van der Waals surface area contributed by atoms with E-state index in [0.29, 0.717) is 19.6 Å². The number of fused-ring (bicyclic) bond motifs is 1. The van der Waals surface area contributed by atoms with Gasteiger partial charge in [-0.25, -0.2) is 9.37 Å². The molecule has 0 saturated carbocycles. The number of halogens is 1. The van der Waals surface area contributed by atoms with Crippen molar-refractivity contribution < 1.29 is 13.9 Å². The van der Waals surface area contributed by atoms with E-state index in [1.807, 2.05) is 23.3 Å². The maximum Gasteiger partial charge on any atom is 0.249 e. The third-order valence-corrected chi connectivity index (χ3v) is 5.37. The molecule has 1 aromatic heterocycles. The number of carbonyl (C=O) groups excluding carboxylic acids is 1. The zero-order valence-corrected chi connectivity index (χ0v) is 14.1. The average molecular weight is 347 g/mol. The zero-order valence-electron chi connectivity index (χ0n) is 13.3. The maximum atomic E-state index is 13.5. The molecular formula is C17H18FN3O2S. The molecule has 1 aromatic carbocycles. The molecule has 7 heteroatoms. The Balaban J connectivity index is 1.54. The van der Waals surface area contributed by atoms with Crippen LogP contribution in [0.25, 0.3) is 0 Å². The molecule has 0 N–H and O–H groups in total. The van der Waals surface area contributed by atoms with Crippen molar-refractivity contribution in [1.29, 1.82) is 0 Å². The Morgan fingerprint density at radius 2 is 2.29 bits per heavy atom. The van der Waals surface area contributed by atoms with E-state index in [4.69, 9.17) is 4.74 Å². The van der Waals surface area contributed by atoms with E-state index in [9.17, 15) is 9.18 Å². The maximum absolute atomic E-state index is 13.5. The number of aryl methyl sites for hydroxylation is 1. The highest BCUT2D eigenvalue weighted by molar-refractivity contribution is 7.09. The molecular weight excluding hydrogens is 329 g/mol. The van der Waals surface area contributed by atoms with Crippen LogP contribution in [0, 0.1) is 12.7 Å². The van der Waals surface area contributed by atoms with Gasteiger partial charge in [-0.15, -0.1) is 11.3 Å². The van der Waals surface area contributed by atoms with Gasteiger partial charge in [0.05, 0.1) is 29.4 Å². The number of hydrogen-bond acceptors (Lipinski definition) is 5. The van der Waals surface area contributed by atoms with Gasteiger partial charge in [-0.3, -0.25) is 4.79 Å². The van der Waals surface area contributed by atoms with Crippen LogP contribution in [-0.2, 0) is 16.1 Å². The molecule has 2 aliphatic rings. The van der Waals surface area contributed by atoms with E-state index >= 15 is 0 Å². The van der Waals surface area contributed by atoms with Crippen LogP contribution in [0.2, 0.25) is 0 Å². The Hall–Kier alpha value is -1.99. The number of morpholine rings is 1. The molecule has 24 heavy (non-hydrogen) atoms. The van der Waals surface area contributed by atoms with Crippen molar-refractivity contribution in [2.75, 3.05) is 24.6 Å². The van der Waals surface area contributed by atoms with Crippen LogP contribution in [0.3, 0.4) is 0 Å². The third-order valence-electron chi connectivity index (χ3n) is 4.55. The number of nitrogens with zero attached hydrogens (tertiary/aromatic N) is 3. The second-order valence-corrected chi connectivity index (χ2v) is 7.24. The molecule has 2 atom stereocenters. The van der Waals surface area contributed by atoms with E-state index in [1.54, 1.807) is 17.4 Å². The number of thiazole rings is 1. The molecule has 2 fully saturated rings. The summed E-state index contributed by atoms with van der Waals surface area (Å²) in [7, 11) is 0. The number of benzene rings is 1. The quantitative estimate of drug-likeness (QED) is 0.854. The SMILES string of the molecule is Cc1nc(CN2C(=O)CO[C@@H]3CN(c4cccc(F)c4)C[C@H]32)cs1. The Bertz CT molecular complexity index is 766. The highest BCUT2D eigenvalue weighted by atomic mass is 32.1. The van der Waals surface area contributed by atoms with E-state index in [2.05, 4.69) is 9.88 Å². The molecule has 0 unspecified atom stereocenters. The minimum absolute atomic E-state index is 0.0111. The molecule has 0 bridgehead atoms. The lowest BCUT2D eigenvalue weighted by atomic mass is 10.1. The summed E-state index contributed by atoms with van der Waals surface area (Å²) >= 11 is 1.59. The molecule has 3 heterocycles. The Kier molecular flexibility index (Phi) is 3.97. The van der Waals surface area contributed by atoms with Gasteiger partial charge in [0.1, 0.15) is 12.4 Å². The highest BCUT2D eigenvalue weighted by Crippen LogP contribution is 2.29. The lowest BCUT2D eigenvalue weighted by Gasteiger charge is -2.36. The predicted octanol–water partition coefficient (Wildman–Crippen LogP) is 2.21. The van der Waals surface area contributed by atoms with Gasteiger partial charge in [-0.05, 0) is 25.1 Å². The van der Waals surface area contributed by atoms with Crippen LogP contribution in [0.15, 0.2) is 29.6 Å². The van der Waals surface area contributed by atoms with Crippen LogP contribution >= 0.6 is 11.3 Å². The van der Waals surface area contributed by atoms with Crippen LogP contribution in [0.5, 0.6) is 0 Å². The van der Waals surface area contributed by atoms with Crippen molar-refractivity contribution in [3.05, 3.63) is 46.2 Å². The molecule has 5 nitrogen and oxygen atoms in total. The molecule has 126 valence electrons. The zero-order chi connectivity index (χ0) is 16.7. The molecule has 1 amide bonds. The van der Waals surface area contributed by atoms with Gasteiger partial charge >= 0.3 is 0 Å². The van der Waals surface area contributed by atoms with Crippen molar-refractivity contribution in [3.8, 4) is 0 Å². The molecule has 0 aliphatic carbocycles. The molecule has 2 aliphatic heterocycles. The van der Waals surface area contributed by atoms with Crippen LogP contribution in [0.4, 0.5) is 10.1 Å². The monoisotopic (exact) mass is 347 g/mol. The van der Waals surface area contributed by atoms with Gasteiger partial charge in [0.15, 0.2) is 0 Å². The fourth-order valence-electron chi connectivity index (χ4n) is 3.41. The Morgan fingerprint density at radius 3 is 3.04 bits per heavy atom. The second-order valence-electron chi connectivity index (χ2n) is 6.18. The molecule has 4 rings (SSSR count). The summed E-state index contributed by atoms with van der Waals surface area (Å²) in [6.07, 6.45) is -0.0503. The number of amides is 1. The normalized spacial score (nSPS) is 23.7. The summed E-state index contributed by atoms with van der Waals surface area (Å²) in [6.45, 7) is 3.86. The van der Waals surface area contributed by atoms with Crippen LogP contribution in [-0.4, -0.2) is 47.6 Å². The van der Waals surface area contributed by atoms with E-state index in [0.717, 1.165) is 16.4 Å². The smallest absolute Gasteiger partial charge is 0.249 e. The van der Waals surface area contributed by atoms with Gasteiger partial charge < -0.3 is 14.5 Å². The van der Waals surface area contributed by atoms with Gasteiger partial charge in [0.25, 0.3) is 0 Å². The first-order valence-corrected chi connectivity index (χ1v) is 8.81. The number of hydrogen-bond donors (Lipinski definition) is 0. The molecule has 2 aromatic rings. The van der Waals surface area contributed by atoms with Crippen molar-refractivity contribution in [2.45, 2.75) is 25.6 Å². The minimum Gasteiger partial charge on any atom is -0.367 e. The number of aromatic nitrogens is 1. The number of anilines is 1. The summed E-state index contributed by atoms with van der Waals surface area (Å²) < 4.78 is 19.2. The highest BCUT2D eigenvalue weighted by Gasteiger charge is 2.43. The van der Waals surface area contributed by atoms with Crippen molar-refractivity contribution in [1.82, 2.24) is 9.88 Å². The predicted molar refractivity (Wildman–Crippen MR) is 89.5 cm³/mol. The number of ether oxygens (including phenoxy) is 1. The van der Waals surface area contributed by atoms with Gasteiger partial charge in [0, 0.05) is 24.2 Å². The largest absolute Gasteiger partial charge is 0.367 e. The summed E-state index contributed by atoms with van der Waals surface area (Å²) in [5, 5.41) is 2.99. The first-order valence-electron chi connectivity index (χ1n) is 7.93. The van der Waals surface area contributed by atoms with Crippen LogP contribution < -0.4 is 4.90 Å². The number of rotatable bonds is 3. The van der Waals surface area contributed by atoms with Crippen molar-refractivity contribution in [2.24, 2.45) is 0 Å². The molecule has 0 radical (unpaired) electrons. The third kappa shape index (κ3) is 2.89. The lowest BCUT2D eigenvalue weighted by molar-refractivity contribution is -0.154. The Morgan fingerprint density at radius 1 is 1.42 bits per heavy atom. The van der Waals surface area contributed by atoms with Gasteiger partial charge in [-0.1, -0.05) is 6.07 Å². The summed E-state index contributed by atoms with van der Waals surface area (Å²) in [6, 6.07) is 6.51. The fraction of sp³-hybridized carbons (Fsp3) is 0.412. The summed E-state index contributed by atoms with van der Waals surface area (Å²) in [5.74, 6) is -0.267. The summed E-state index contributed by atoms with van der Waals surface area (Å²) in [4.78, 5) is 20.7. The average Bonchev–Trinajstić information content (AvgIpc) is 3.16. The lowest BCUT2D eigenvalue weighted by Crippen LogP contribution is -2.53. The van der Waals surface area contributed by atoms with Crippen molar-refractivity contribution >= 4 is 22.9 Å². The van der Waals surface area contributed by atoms with Gasteiger partial charge in [0.2, 0.25) is 5.91 Å². The van der Waals surface area contributed by atoms with Crippen molar-refractivity contribution in [3.63, 3.8) is 0 Å². The first-order chi connectivity index (χ1) is 11.6. The topological polar surface area (TPSA) is 45.7 Å². The van der Waals surface area contributed by atoms with E-state index in [-0.39, 0.29) is 30.5 Å². The minimum atomic E-state index is -0.255. The first kappa shape index (κ1) is 15.5. The van der Waals surface area contributed by atoms with E-state index in [1.165, 1.54) is 12.1 Å². The second kappa shape index (κ2) is 6.14.